The maximum Gasteiger partial charge on any atom is 0.179 e. The molecular weight excluding hydrogens is 291 g/mol. The fraction of sp³-hybridized carbons (Fsp3) is 0.0625. The number of halogens is 2. The molecule has 21 heavy (non-hydrogen) atoms. The lowest BCUT2D eigenvalue weighted by Crippen LogP contribution is -1.90. The van der Waals surface area contributed by atoms with E-state index in [-0.39, 0.29) is 11.6 Å². The molecule has 1 heterocycles. The Labute approximate surface area is 126 Å². The van der Waals surface area contributed by atoms with Gasteiger partial charge in [-0.05, 0) is 42.3 Å². The Kier molecular flexibility index (Phi) is 3.39. The molecule has 106 valence electrons. The van der Waals surface area contributed by atoms with Gasteiger partial charge in [0.25, 0.3) is 0 Å². The van der Waals surface area contributed by atoms with Crippen molar-refractivity contribution in [3.8, 4) is 22.5 Å². The topological polar surface area (TPSA) is 52.0 Å². The van der Waals surface area contributed by atoms with Crippen LogP contribution >= 0.6 is 11.6 Å². The third-order valence-electron chi connectivity index (χ3n) is 3.22. The van der Waals surface area contributed by atoms with Gasteiger partial charge in [0.2, 0.25) is 0 Å². The fourth-order valence-electron chi connectivity index (χ4n) is 2.19. The Bertz CT molecular complexity index is 797. The molecule has 5 heteroatoms. The molecule has 3 nitrogen and oxygen atoms in total. The largest absolute Gasteiger partial charge is 0.380 e. The molecule has 0 aliphatic heterocycles. The number of rotatable bonds is 2. The third-order valence-corrected chi connectivity index (χ3v) is 3.47. The molecule has 1 aromatic heterocycles. The monoisotopic (exact) mass is 302 g/mol. The first kappa shape index (κ1) is 13.6. The zero-order valence-electron chi connectivity index (χ0n) is 11.2. The number of nitrogens with two attached hydrogens (primary N) is 1. The SMILES string of the molecule is Cc1ccc(-c2onc(N)c2-c2ccc(Cl)cc2)c(F)c1. The lowest BCUT2D eigenvalue weighted by molar-refractivity contribution is 0.433. The standard InChI is InChI=1S/C16H12ClFN2O/c1-9-2-7-12(13(18)8-9)15-14(16(19)20-21-15)10-3-5-11(17)6-4-10/h2-8H,1H3,(H2,19,20). The molecule has 0 fully saturated rings. The highest BCUT2D eigenvalue weighted by atomic mass is 35.5. The van der Waals surface area contributed by atoms with Gasteiger partial charge in [-0.3, -0.25) is 0 Å². The number of aromatic nitrogens is 1. The summed E-state index contributed by atoms with van der Waals surface area (Å²) >= 11 is 5.88. The summed E-state index contributed by atoms with van der Waals surface area (Å²) in [5.74, 6) is 0.154. The van der Waals surface area contributed by atoms with Gasteiger partial charge in [-0.1, -0.05) is 35.0 Å². The number of aryl methyl sites for hydroxylation is 1. The molecule has 0 radical (unpaired) electrons. The van der Waals surface area contributed by atoms with Crippen LogP contribution in [0, 0.1) is 12.7 Å². The first-order valence-electron chi connectivity index (χ1n) is 6.34. The van der Waals surface area contributed by atoms with Gasteiger partial charge in [-0.2, -0.15) is 0 Å². The van der Waals surface area contributed by atoms with Gasteiger partial charge in [-0.15, -0.1) is 0 Å². The average Bonchev–Trinajstić information content (AvgIpc) is 2.82. The molecule has 3 rings (SSSR count). The normalized spacial score (nSPS) is 10.8. The maximum absolute atomic E-state index is 14.2. The zero-order chi connectivity index (χ0) is 15.0. The van der Waals surface area contributed by atoms with Crippen molar-refractivity contribution < 1.29 is 8.91 Å². The molecule has 2 N–H and O–H groups in total. The molecule has 0 aliphatic carbocycles. The summed E-state index contributed by atoms with van der Waals surface area (Å²) < 4.78 is 19.4. The molecule has 0 aliphatic rings. The van der Waals surface area contributed by atoms with Gasteiger partial charge in [-0.25, -0.2) is 4.39 Å². The van der Waals surface area contributed by atoms with Crippen LogP contribution in [-0.2, 0) is 0 Å². The highest BCUT2D eigenvalue weighted by Crippen LogP contribution is 2.38. The lowest BCUT2D eigenvalue weighted by atomic mass is 10.0. The zero-order valence-corrected chi connectivity index (χ0v) is 12.0. The maximum atomic E-state index is 14.2. The average molecular weight is 303 g/mol. The fourth-order valence-corrected chi connectivity index (χ4v) is 2.31. The number of hydrogen-bond donors (Lipinski definition) is 1. The smallest absolute Gasteiger partial charge is 0.179 e. The summed E-state index contributed by atoms with van der Waals surface area (Å²) in [7, 11) is 0. The number of nitrogen functional groups attached to an aromatic ring is 1. The van der Waals surface area contributed by atoms with Gasteiger partial charge >= 0.3 is 0 Å². The van der Waals surface area contributed by atoms with E-state index in [4.69, 9.17) is 21.9 Å². The van der Waals surface area contributed by atoms with E-state index in [1.165, 1.54) is 6.07 Å². The summed E-state index contributed by atoms with van der Waals surface area (Å²) in [5.41, 5.74) is 8.36. The summed E-state index contributed by atoms with van der Waals surface area (Å²) in [6, 6.07) is 12.0. The minimum absolute atomic E-state index is 0.215. The first-order chi connectivity index (χ1) is 10.1. The highest BCUT2D eigenvalue weighted by molar-refractivity contribution is 6.30. The van der Waals surface area contributed by atoms with Gasteiger partial charge in [0.1, 0.15) is 5.82 Å². The van der Waals surface area contributed by atoms with Crippen molar-refractivity contribution in [2.75, 3.05) is 5.73 Å². The van der Waals surface area contributed by atoms with Crippen molar-refractivity contribution >= 4 is 17.4 Å². The first-order valence-corrected chi connectivity index (χ1v) is 6.71. The number of hydrogen-bond acceptors (Lipinski definition) is 3. The van der Waals surface area contributed by atoms with E-state index in [0.717, 1.165) is 11.1 Å². The van der Waals surface area contributed by atoms with Crippen LogP contribution in [0.2, 0.25) is 5.02 Å². The van der Waals surface area contributed by atoms with Crippen LogP contribution in [0.4, 0.5) is 10.2 Å². The molecule has 0 saturated carbocycles. The second kappa shape index (κ2) is 5.22. The van der Waals surface area contributed by atoms with Crippen molar-refractivity contribution in [1.29, 1.82) is 0 Å². The van der Waals surface area contributed by atoms with Crippen LogP contribution in [0.1, 0.15) is 5.56 Å². The molecule has 0 bridgehead atoms. The van der Waals surface area contributed by atoms with Gasteiger partial charge < -0.3 is 10.3 Å². The van der Waals surface area contributed by atoms with Crippen LogP contribution in [0.5, 0.6) is 0 Å². The van der Waals surface area contributed by atoms with Crippen LogP contribution in [0.15, 0.2) is 47.0 Å². The van der Waals surface area contributed by atoms with Crippen molar-refractivity contribution in [2.45, 2.75) is 6.92 Å². The Morgan fingerprint density at radius 2 is 1.86 bits per heavy atom. The predicted octanol–water partition coefficient (Wildman–Crippen LogP) is 4.69. The number of anilines is 1. The quantitative estimate of drug-likeness (QED) is 0.747. The molecule has 0 spiro atoms. The third kappa shape index (κ3) is 2.50. The second-order valence-corrected chi connectivity index (χ2v) is 5.20. The van der Waals surface area contributed by atoms with E-state index in [1.807, 2.05) is 13.0 Å². The molecule has 0 saturated heterocycles. The van der Waals surface area contributed by atoms with E-state index in [0.29, 0.717) is 21.9 Å². The molecule has 0 unspecified atom stereocenters. The highest BCUT2D eigenvalue weighted by Gasteiger charge is 2.20. The summed E-state index contributed by atoms with van der Waals surface area (Å²) in [6.07, 6.45) is 0. The lowest BCUT2D eigenvalue weighted by Gasteiger charge is -2.05. The van der Waals surface area contributed by atoms with Crippen LogP contribution in [0.25, 0.3) is 22.5 Å². The van der Waals surface area contributed by atoms with Gasteiger partial charge in [0.05, 0.1) is 11.1 Å². The number of benzene rings is 2. The van der Waals surface area contributed by atoms with Crippen molar-refractivity contribution in [3.63, 3.8) is 0 Å². The Hall–Kier alpha value is -2.33. The second-order valence-electron chi connectivity index (χ2n) is 4.76. The van der Waals surface area contributed by atoms with E-state index in [2.05, 4.69) is 5.16 Å². The minimum atomic E-state index is -0.374. The predicted molar refractivity (Wildman–Crippen MR) is 81.5 cm³/mol. The van der Waals surface area contributed by atoms with Crippen molar-refractivity contribution in [3.05, 3.63) is 58.9 Å². The van der Waals surface area contributed by atoms with Crippen molar-refractivity contribution in [2.24, 2.45) is 0 Å². The van der Waals surface area contributed by atoms with E-state index in [9.17, 15) is 4.39 Å². The number of nitrogens with zero attached hydrogens (tertiary/aromatic N) is 1. The molecular formula is C16H12ClFN2O. The van der Waals surface area contributed by atoms with E-state index < -0.39 is 0 Å². The van der Waals surface area contributed by atoms with Crippen LogP contribution < -0.4 is 5.73 Å². The molecule has 0 amide bonds. The Balaban J connectivity index is 2.19. The Morgan fingerprint density at radius 1 is 1.14 bits per heavy atom. The molecule has 0 atom stereocenters. The Morgan fingerprint density at radius 3 is 2.52 bits per heavy atom. The molecule has 3 aromatic rings. The summed E-state index contributed by atoms with van der Waals surface area (Å²) in [4.78, 5) is 0. The van der Waals surface area contributed by atoms with Gasteiger partial charge in [0, 0.05) is 5.02 Å². The molecule has 2 aromatic carbocycles. The van der Waals surface area contributed by atoms with Crippen LogP contribution in [0.3, 0.4) is 0 Å². The van der Waals surface area contributed by atoms with Gasteiger partial charge in [0.15, 0.2) is 11.6 Å². The van der Waals surface area contributed by atoms with E-state index in [1.54, 1.807) is 30.3 Å². The summed E-state index contributed by atoms with van der Waals surface area (Å²) in [6.45, 7) is 1.82. The van der Waals surface area contributed by atoms with Crippen molar-refractivity contribution in [1.82, 2.24) is 5.16 Å². The van der Waals surface area contributed by atoms with Crippen LogP contribution in [-0.4, -0.2) is 5.16 Å². The van der Waals surface area contributed by atoms with E-state index >= 15 is 0 Å². The minimum Gasteiger partial charge on any atom is -0.380 e. The summed E-state index contributed by atoms with van der Waals surface area (Å²) in [5, 5.41) is 4.37.